The van der Waals surface area contributed by atoms with Crippen molar-refractivity contribution >= 4 is 27.3 Å². The lowest BCUT2D eigenvalue weighted by Crippen LogP contribution is -2.39. The Labute approximate surface area is 155 Å². The first kappa shape index (κ1) is 20.2. The summed E-state index contributed by atoms with van der Waals surface area (Å²) in [5, 5.41) is 6.51. The number of sulfonamides is 1. The molecule has 0 spiro atoms. The van der Waals surface area contributed by atoms with E-state index in [1.54, 1.807) is 10.4 Å². The van der Waals surface area contributed by atoms with Crippen molar-refractivity contribution < 1.29 is 8.42 Å². The minimum absolute atomic E-state index is 0.430. The van der Waals surface area contributed by atoms with Crippen molar-refractivity contribution in [1.29, 1.82) is 0 Å². The molecule has 142 valence electrons. The van der Waals surface area contributed by atoms with E-state index in [9.17, 15) is 8.42 Å². The molecule has 0 aromatic carbocycles. The Bertz CT molecular complexity index is 662. The number of hydrogen-bond acceptors (Lipinski definition) is 4. The summed E-state index contributed by atoms with van der Waals surface area (Å²) in [7, 11) is -3.34. The van der Waals surface area contributed by atoms with Gasteiger partial charge in [0.2, 0.25) is 0 Å². The normalized spacial score (nSPS) is 17.0. The first-order valence-electron chi connectivity index (χ1n) is 9.04. The highest BCUT2D eigenvalue weighted by Gasteiger charge is 2.27. The minimum Gasteiger partial charge on any atom is -0.357 e. The van der Waals surface area contributed by atoms with E-state index in [4.69, 9.17) is 0 Å². The maximum Gasteiger partial charge on any atom is 0.252 e. The molecule has 8 heteroatoms. The molecule has 2 heterocycles. The van der Waals surface area contributed by atoms with Crippen molar-refractivity contribution in [3.05, 3.63) is 17.0 Å². The fourth-order valence-electron chi connectivity index (χ4n) is 2.61. The van der Waals surface area contributed by atoms with Crippen LogP contribution in [0.3, 0.4) is 0 Å². The van der Waals surface area contributed by atoms with Crippen molar-refractivity contribution in [2.75, 3.05) is 26.2 Å². The Kier molecular flexibility index (Phi) is 7.71. The number of rotatable bonds is 7. The van der Waals surface area contributed by atoms with Crippen LogP contribution in [-0.2, 0) is 16.6 Å². The van der Waals surface area contributed by atoms with Gasteiger partial charge in [-0.3, -0.25) is 0 Å². The first-order valence-corrected chi connectivity index (χ1v) is 11.3. The molecule has 1 aromatic heterocycles. The third-order valence-electron chi connectivity index (χ3n) is 3.96. The summed E-state index contributed by atoms with van der Waals surface area (Å²) in [6.07, 6.45) is 3.03. The molecule has 0 bridgehead atoms. The second-order valence-electron chi connectivity index (χ2n) is 6.66. The number of nitrogens with zero attached hydrogens (tertiary/aromatic N) is 2. The Hall–Kier alpha value is -1.12. The van der Waals surface area contributed by atoms with E-state index in [0.717, 1.165) is 43.2 Å². The summed E-state index contributed by atoms with van der Waals surface area (Å²) in [5.41, 5.74) is 0. The molecule has 0 saturated carbocycles. The molecule has 0 atom stereocenters. The van der Waals surface area contributed by atoms with E-state index >= 15 is 0 Å². The Morgan fingerprint density at radius 1 is 1.24 bits per heavy atom. The molecule has 0 radical (unpaired) electrons. The van der Waals surface area contributed by atoms with Gasteiger partial charge in [-0.15, -0.1) is 11.3 Å². The monoisotopic (exact) mass is 386 g/mol. The molecule has 1 aliphatic rings. The zero-order valence-corrected chi connectivity index (χ0v) is 17.0. The third kappa shape index (κ3) is 5.97. The molecule has 1 fully saturated rings. The van der Waals surface area contributed by atoms with Crippen molar-refractivity contribution in [3.63, 3.8) is 0 Å². The number of nitrogens with one attached hydrogen (secondary N) is 2. The summed E-state index contributed by atoms with van der Waals surface area (Å²) in [5.74, 6) is 1.30. The lowest BCUT2D eigenvalue weighted by atomic mass is 10.2. The molecule has 0 amide bonds. The van der Waals surface area contributed by atoms with Gasteiger partial charge in [0.25, 0.3) is 10.0 Å². The lowest BCUT2D eigenvalue weighted by molar-refractivity contribution is 0.347. The van der Waals surface area contributed by atoms with Crippen LogP contribution in [0.15, 0.2) is 21.3 Å². The first-order chi connectivity index (χ1) is 11.9. The van der Waals surface area contributed by atoms with Crippen molar-refractivity contribution in [3.8, 4) is 0 Å². The topological polar surface area (TPSA) is 73.8 Å². The molecule has 0 unspecified atom stereocenters. The third-order valence-corrected chi connectivity index (χ3v) is 7.40. The molecule has 6 nitrogen and oxygen atoms in total. The number of hydrogen-bond donors (Lipinski definition) is 2. The minimum atomic E-state index is -3.34. The molecular formula is C17H30N4O2S2. The molecule has 1 aromatic rings. The molecule has 2 rings (SSSR count). The molecular weight excluding hydrogens is 356 g/mol. The van der Waals surface area contributed by atoms with Crippen LogP contribution in [0.2, 0.25) is 0 Å². The number of thiophene rings is 1. The highest BCUT2D eigenvalue weighted by atomic mass is 32.2. The van der Waals surface area contributed by atoms with Crippen LogP contribution >= 0.6 is 11.3 Å². The van der Waals surface area contributed by atoms with Gasteiger partial charge in [-0.05, 0) is 37.8 Å². The fraction of sp³-hybridized carbons (Fsp3) is 0.706. The number of aliphatic imine (C=N–C) groups is 1. The van der Waals surface area contributed by atoms with Crippen molar-refractivity contribution in [2.24, 2.45) is 10.9 Å². The van der Waals surface area contributed by atoms with Crippen LogP contribution < -0.4 is 10.6 Å². The van der Waals surface area contributed by atoms with Crippen LogP contribution in [0.4, 0.5) is 0 Å². The lowest BCUT2D eigenvalue weighted by Gasteiger charge is -2.25. The average Bonchev–Trinajstić information content (AvgIpc) is 3.08. The van der Waals surface area contributed by atoms with Gasteiger partial charge in [0.1, 0.15) is 4.21 Å². The van der Waals surface area contributed by atoms with E-state index in [-0.39, 0.29) is 0 Å². The van der Waals surface area contributed by atoms with Gasteiger partial charge < -0.3 is 10.6 Å². The fourth-order valence-corrected chi connectivity index (χ4v) is 5.57. The Balaban J connectivity index is 2.03. The van der Waals surface area contributed by atoms with Crippen molar-refractivity contribution in [2.45, 2.75) is 50.8 Å². The second kappa shape index (κ2) is 9.54. The predicted octanol–water partition coefficient (Wildman–Crippen LogP) is 2.63. The van der Waals surface area contributed by atoms with Gasteiger partial charge in [0.15, 0.2) is 5.96 Å². The van der Waals surface area contributed by atoms with Gasteiger partial charge in [0.05, 0.1) is 6.54 Å². The summed E-state index contributed by atoms with van der Waals surface area (Å²) in [4.78, 5) is 5.52. The van der Waals surface area contributed by atoms with Gasteiger partial charge in [0, 0.05) is 31.1 Å². The summed E-state index contributed by atoms with van der Waals surface area (Å²) < 4.78 is 27.4. The number of piperidine rings is 1. The Morgan fingerprint density at radius 3 is 2.60 bits per heavy atom. The van der Waals surface area contributed by atoms with Gasteiger partial charge in [-0.1, -0.05) is 20.3 Å². The smallest absolute Gasteiger partial charge is 0.252 e. The van der Waals surface area contributed by atoms with Gasteiger partial charge >= 0.3 is 0 Å². The highest BCUT2D eigenvalue weighted by molar-refractivity contribution is 7.91. The summed E-state index contributed by atoms with van der Waals surface area (Å²) in [6, 6.07) is 3.59. The van der Waals surface area contributed by atoms with Gasteiger partial charge in [-0.25, -0.2) is 13.4 Å². The molecule has 2 N–H and O–H groups in total. The van der Waals surface area contributed by atoms with Crippen LogP contribution in [0, 0.1) is 5.92 Å². The van der Waals surface area contributed by atoms with Crippen LogP contribution in [0.5, 0.6) is 0 Å². The van der Waals surface area contributed by atoms with E-state index in [1.165, 1.54) is 11.3 Å². The zero-order chi connectivity index (χ0) is 18.3. The molecule has 25 heavy (non-hydrogen) atoms. The second-order valence-corrected chi connectivity index (χ2v) is 9.99. The number of guanidine groups is 1. The zero-order valence-electron chi connectivity index (χ0n) is 15.4. The van der Waals surface area contributed by atoms with E-state index in [1.807, 2.05) is 13.0 Å². The molecule has 1 saturated heterocycles. The molecule has 1 aliphatic heterocycles. The van der Waals surface area contributed by atoms with Crippen LogP contribution in [0.1, 0.15) is 44.9 Å². The SMILES string of the molecule is CCNC(=NCc1ccc(S(=O)(=O)N2CCCCC2)s1)NCC(C)C. The van der Waals surface area contributed by atoms with Crippen molar-refractivity contribution in [1.82, 2.24) is 14.9 Å². The quantitative estimate of drug-likeness (QED) is 0.558. The Morgan fingerprint density at radius 2 is 1.96 bits per heavy atom. The average molecular weight is 387 g/mol. The largest absolute Gasteiger partial charge is 0.357 e. The predicted molar refractivity (Wildman–Crippen MR) is 105 cm³/mol. The van der Waals surface area contributed by atoms with Gasteiger partial charge in [-0.2, -0.15) is 4.31 Å². The van der Waals surface area contributed by atoms with E-state index in [2.05, 4.69) is 29.5 Å². The summed E-state index contributed by atoms with van der Waals surface area (Å²) >= 11 is 1.33. The van der Waals surface area contributed by atoms with Crippen LogP contribution in [-0.4, -0.2) is 44.9 Å². The standard InChI is InChI=1S/C17H30N4O2S2/c1-4-18-17(19-12-14(2)3)20-13-15-8-9-16(24-15)25(22,23)21-10-6-5-7-11-21/h8-9,14H,4-7,10-13H2,1-3H3,(H2,18,19,20). The molecule has 0 aliphatic carbocycles. The van der Waals surface area contributed by atoms with E-state index in [0.29, 0.717) is 29.8 Å². The maximum atomic E-state index is 12.7. The van der Waals surface area contributed by atoms with E-state index < -0.39 is 10.0 Å². The van der Waals surface area contributed by atoms with Crippen LogP contribution in [0.25, 0.3) is 0 Å². The summed E-state index contributed by atoms with van der Waals surface area (Å²) in [6.45, 7) is 9.72. The maximum absolute atomic E-state index is 12.7. The highest BCUT2D eigenvalue weighted by Crippen LogP contribution is 2.27.